The summed E-state index contributed by atoms with van der Waals surface area (Å²) in [5.41, 5.74) is 10.9. The highest BCUT2D eigenvalue weighted by molar-refractivity contribution is 7.12. The van der Waals surface area contributed by atoms with E-state index in [2.05, 4.69) is 46.6 Å². The number of nitrogens with zero attached hydrogens (tertiary/aromatic N) is 1. The third-order valence-electron chi connectivity index (χ3n) is 4.94. The first-order valence-electron chi connectivity index (χ1n) is 10.2. The molecule has 4 rings (SSSR count). The molecular formula is C23H30N4S. The lowest BCUT2D eigenvalue weighted by molar-refractivity contribution is 0.493. The molecule has 2 aromatic heterocycles. The number of hydrogen-bond donors (Lipinski definition) is 3. The Labute approximate surface area is 171 Å². The molecule has 148 valence electrons. The highest BCUT2D eigenvalue weighted by atomic mass is 32.1. The minimum atomic E-state index is 0.571. The van der Waals surface area contributed by atoms with E-state index in [4.69, 9.17) is 5.73 Å². The standard InChI is InChI=1S/C21H24N4S.C2H6/c1-2-23-15-7-5-14(6-8-15)18-13-24-19-10-9-16(12-17(18)19)25-21(22)20-4-3-11-26-20;1-2/h3-5,9-13,15,23-24H,2,6-8H2,1H3,(H2,22,25);1-2H3. The van der Waals surface area contributed by atoms with Crippen LogP contribution in [0.2, 0.25) is 0 Å². The van der Waals surface area contributed by atoms with E-state index in [0.717, 1.165) is 35.5 Å². The van der Waals surface area contributed by atoms with Crippen LogP contribution in [-0.2, 0) is 0 Å². The van der Waals surface area contributed by atoms with E-state index in [1.54, 1.807) is 11.3 Å². The number of nitrogens with one attached hydrogen (secondary N) is 2. The largest absolute Gasteiger partial charge is 0.383 e. The average molecular weight is 395 g/mol. The molecule has 1 aliphatic rings. The van der Waals surface area contributed by atoms with Crippen LogP contribution in [0.1, 0.15) is 50.5 Å². The van der Waals surface area contributed by atoms with E-state index in [9.17, 15) is 0 Å². The van der Waals surface area contributed by atoms with Crippen LogP contribution in [0.25, 0.3) is 16.5 Å². The minimum Gasteiger partial charge on any atom is -0.383 e. The second-order valence-corrected chi connectivity index (χ2v) is 7.61. The Morgan fingerprint density at radius 1 is 1.32 bits per heavy atom. The SMILES string of the molecule is CC.CCNC1CC=C(c2c[nH]c3ccc(N=C(N)c4cccs4)cc23)CC1. The zero-order valence-electron chi connectivity index (χ0n) is 17.0. The molecule has 4 N–H and O–H groups in total. The van der Waals surface area contributed by atoms with Gasteiger partial charge in [0.25, 0.3) is 0 Å². The third-order valence-corrected chi connectivity index (χ3v) is 5.83. The Morgan fingerprint density at radius 2 is 2.18 bits per heavy atom. The maximum absolute atomic E-state index is 6.15. The molecule has 0 bridgehead atoms. The Bertz CT molecular complexity index is 950. The molecule has 0 saturated heterocycles. The van der Waals surface area contributed by atoms with Gasteiger partial charge in [0.15, 0.2) is 0 Å². The van der Waals surface area contributed by atoms with Crippen molar-refractivity contribution in [3.05, 3.63) is 58.4 Å². The van der Waals surface area contributed by atoms with Crippen LogP contribution in [0.3, 0.4) is 0 Å². The first kappa shape index (κ1) is 20.4. The van der Waals surface area contributed by atoms with Crippen molar-refractivity contribution < 1.29 is 0 Å². The van der Waals surface area contributed by atoms with Crippen molar-refractivity contribution in [1.82, 2.24) is 10.3 Å². The molecule has 5 heteroatoms. The minimum absolute atomic E-state index is 0.571. The lowest BCUT2D eigenvalue weighted by Gasteiger charge is -2.22. The number of rotatable bonds is 5. The summed E-state index contributed by atoms with van der Waals surface area (Å²) in [4.78, 5) is 9.01. The first-order valence-corrected chi connectivity index (χ1v) is 11.0. The summed E-state index contributed by atoms with van der Waals surface area (Å²) in [6, 6.07) is 10.8. The van der Waals surface area contributed by atoms with Gasteiger partial charge in [-0.15, -0.1) is 11.3 Å². The number of thiophene rings is 1. The van der Waals surface area contributed by atoms with E-state index < -0.39 is 0 Å². The fraction of sp³-hybridized carbons (Fsp3) is 0.348. The summed E-state index contributed by atoms with van der Waals surface area (Å²) in [7, 11) is 0. The number of H-pyrrole nitrogens is 1. The molecule has 0 amide bonds. The summed E-state index contributed by atoms with van der Waals surface area (Å²) in [5, 5.41) is 6.78. The predicted octanol–water partition coefficient (Wildman–Crippen LogP) is 5.84. The van der Waals surface area contributed by atoms with Crippen LogP contribution in [-0.4, -0.2) is 23.4 Å². The zero-order valence-corrected chi connectivity index (χ0v) is 17.8. The second-order valence-electron chi connectivity index (χ2n) is 6.66. The molecule has 0 spiro atoms. The zero-order chi connectivity index (χ0) is 19.9. The van der Waals surface area contributed by atoms with Crippen LogP contribution in [0.5, 0.6) is 0 Å². The van der Waals surface area contributed by atoms with Gasteiger partial charge in [-0.05, 0) is 61.0 Å². The number of fused-ring (bicyclic) bond motifs is 1. The monoisotopic (exact) mass is 394 g/mol. The fourth-order valence-electron chi connectivity index (χ4n) is 3.62. The third kappa shape index (κ3) is 4.54. The first-order chi connectivity index (χ1) is 13.7. The number of aliphatic imine (C=N–C) groups is 1. The molecule has 2 heterocycles. The van der Waals surface area contributed by atoms with Gasteiger partial charge in [-0.2, -0.15) is 0 Å². The summed E-state index contributed by atoms with van der Waals surface area (Å²) in [6.45, 7) is 7.21. The summed E-state index contributed by atoms with van der Waals surface area (Å²) >= 11 is 1.61. The lowest BCUT2D eigenvalue weighted by Crippen LogP contribution is -2.29. The topological polar surface area (TPSA) is 66.2 Å². The molecule has 4 nitrogen and oxygen atoms in total. The molecule has 0 radical (unpaired) electrons. The van der Waals surface area contributed by atoms with E-state index in [-0.39, 0.29) is 0 Å². The van der Waals surface area contributed by atoms with Gasteiger partial charge in [0.1, 0.15) is 5.84 Å². The molecule has 3 aromatic rings. The Morgan fingerprint density at radius 3 is 2.86 bits per heavy atom. The number of allylic oxidation sites excluding steroid dienone is 1. The highest BCUT2D eigenvalue weighted by Crippen LogP contribution is 2.33. The van der Waals surface area contributed by atoms with E-state index in [1.165, 1.54) is 22.9 Å². The number of aromatic amines is 1. The van der Waals surface area contributed by atoms with Gasteiger partial charge in [0.05, 0.1) is 10.6 Å². The number of nitrogens with two attached hydrogens (primary N) is 1. The van der Waals surface area contributed by atoms with Crippen molar-refractivity contribution in [2.24, 2.45) is 10.7 Å². The second kappa shape index (κ2) is 9.71. The van der Waals surface area contributed by atoms with Crippen molar-refractivity contribution in [3.63, 3.8) is 0 Å². The van der Waals surface area contributed by atoms with Crippen LogP contribution in [0.15, 0.2) is 53.0 Å². The van der Waals surface area contributed by atoms with Gasteiger partial charge in [-0.3, -0.25) is 0 Å². The maximum Gasteiger partial charge on any atom is 0.141 e. The number of aromatic nitrogens is 1. The van der Waals surface area contributed by atoms with Gasteiger partial charge in [0, 0.05) is 28.7 Å². The van der Waals surface area contributed by atoms with Crippen LogP contribution in [0.4, 0.5) is 5.69 Å². The molecule has 1 aliphatic carbocycles. The molecule has 1 unspecified atom stereocenters. The van der Waals surface area contributed by atoms with Gasteiger partial charge in [-0.1, -0.05) is 32.9 Å². The van der Waals surface area contributed by atoms with Crippen molar-refractivity contribution in [2.75, 3.05) is 6.54 Å². The quantitative estimate of drug-likeness (QED) is 0.376. The van der Waals surface area contributed by atoms with Crippen LogP contribution in [0, 0.1) is 0 Å². The van der Waals surface area contributed by atoms with Gasteiger partial charge < -0.3 is 16.0 Å². The Balaban J connectivity index is 0.00000109. The highest BCUT2D eigenvalue weighted by Gasteiger charge is 2.17. The van der Waals surface area contributed by atoms with Gasteiger partial charge >= 0.3 is 0 Å². The molecule has 0 aliphatic heterocycles. The van der Waals surface area contributed by atoms with E-state index >= 15 is 0 Å². The van der Waals surface area contributed by atoms with Crippen LogP contribution < -0.4 is 11.1 Å². The van der Waals surface area contributed by atoms with Crippen molar-refractivity contribution in [1.29, 1.82) is 0 Å². The summed E-state index contributed by atoms with van der Waals surface area (Å²) in [5.74, 6) is 0.571. The molecular weight excluding hydrogens is 364 g/mol. The van der Waals surface area contributed by atoms with Gasteiger partial charge in [0.2, 0.25) is 0 Å². The summed E-state index contributed by atoms with van der Waals surface area (Å²) < 4.78 is 0. The van der Waals surface area contributed by atoms with Gasteiger partial charge in [-0.25, -0.2) is 4.99 Å². The van der Waals surface area contributed by atoms with Crippen LogP contribution >= 0.6 is 11.3 Å². The van der Waals surface area contributed by atoms with Crippen molar-refractivity contribution in [2.45, 2.75) is 46.1 Å². The molecule has 1 atom stereocenters. The van der Waals surface area contributed by atoms with E-state index in [1.807, 2.05) is 37.4 Å². The molecule has 28 heavy (non-hydrogen) atoms. The lowest BCUT2D eigenvalue weighted by atomic mass is 9.90. The average Bonchev–Trinajstić information content (AvgIpc) is 3.40. The smallest absolute Gasteiger partial charge is 0.141 e. The Kier molecular flexibility index (Phi) is 7.06. The van der Waals surface area contributed by atoms with Crippen molar-refractivity contribution in [3.8, 4) is 0 Å². The molecule has 1 aromatic carbocycles. The number of benzene rings is 1. The number of amidine groups is 1. The fourth-order valence-corrected chi connectivity index (χ4v) is 4.24. The normalized spacial score (nSPS) is 17.2. The maximum atomic E-state index is 6.15. The summed E-state index contributed by atoms with van der Waals surface area (Å²) in [6.07, 6.45) is 7.90. The molecule has 0 fully saturated rings. The van der Waals surface area contributed by atoms with Crippen molar-refractivity contribution >= 4 is 39.3 Å². The Hall–Kier alpha value is -2.37. The predicted molar refractivity (Wildman–Crippen MR) is 124 cm³/mol. The van der Waals surface area contributed by atoms with E-state index in [0.29, 0.717) is 11.9 Å². The number of hydrogen-bond acceptors (Lipinski definition) is 3. The molecule has 0 saturated carbocycles.